The van der Waals surface area contributed by atoms with Gasteiger partial charge in [0.25, 0.3) is 0 Å². The molecule has 0 radical (unpaired) electrons. The average Bonchev–Trinajstić information content (AvgIpc) is 2.85. The summed E-state index contributed by atoms with van der Waals surface area (Å²) >= 11 is 0. The lowest BCUT2D eigenvalue weighted by Crippen LogP contribution is -2.38. The molecule has 2 fully saturated rings. The molecule has 1 spiro atoms. The van der Waals surface area contributed by atoms with Crippen molar-refractivity contribution in [3.05, 3.63) is 29.8 Å². The van der Waals surface area contributed by atoms with Gasteiger partial charge in [0.15, 0.2) is 0 Å². The van der Waals surface area contributed by atoms with E-state index in [2.05, 4.69) is 34.5 Å². The number of benzene rings is 1. The van der Waals surface area contributed by atoms with E-state index < -0.39 is 0 Å². The molecule has 0 bridgehead atoms. The SMILES string of the molecule is CCOc1ccc(CN2CCC3(CCNCC3)C2)cc1.Cl. The van der Waals surface area contributed by atoms with Gasteiger partial charge in [0.1, 0.15) is 5.75 Å². The number of halogens is 1. The van der Waals surface area contributed by atoms with Crippen molar-refractivity contribution in [2.75, 3.05) is 32.8 Å². The predicted octanol–water partition coefficient (Wildman–Crippen LogP) is 3.08. The lowest BCUT2D eigenvalue weighted by Gasteiger charge is -2.33. The van der Waals surface area contributed by atoms with Crippen molar-refractivity contribution < 1.29 is 4.74 Å². The topological polar surface area (TPSA) is 24.5 Å². The number of ether oxygens (including phenoxy) is 1. The molecule has 2 aliphatic rings. The van der Waals surface area contributed by atoms with Gasteiger partial charge < -0.3 is 10.1 Å². The summed E-state index contributed by atoms with van der Waals surface area (Å²) in [5.41, 5.74) is 2.01. The van der Waals surface area contributed by atoms with Gasteiger partial charge in [0.05, 0.1) is 6.61 Å². The van der Waals surface area contributed by atoms with E-state index in [1.54, 1.807) is 0 Å². The van der Waals surface area contributed by atoms with E-state index in [4.69, 9.17) is 4.74 Å². The molecule has 0 aliphatic carbocycles. The molecule has 118 valence electrons. The fourth-order valence-electron chi connectivity index (χ4n) is 3.64. The highest BCUT2D eigenvalue weighted by molar-refractivity contribution is 5.85. The van der Waals surface area contributed by atoms with Crippen LogP contribution in [0.15, 0.2) is 24.3 Å². The summed E-state index contributed by atoms with van der Waals surface area (Å²) in [6.07, 6.45) is 4.09. The van der Waals surface area contributed by atoms with Crippen molar-refractivity contribution in [1.29, 1.82) is 0 Å². The van der Waals surface area contributed by atoms with E-state index >= 15 is 0 Å². The number of hydrogen-bond acceptors (Lipinski definition) is 3. The Morgan fingerprint density at radius 2 is 1.86 bits per heavy atom. The third-order valence-electron chi connectivity index (χ3n) is 4.82. The number of likely N-dealkylation sites (tertiary alicyclic amines) is 1. The summed E-state index contributed by atoms with van der Waals surface area (Å²) in [5, 5.41) is 3.49. The van der Waals surface area contributed by atoms with Gasteiger partial charge in [0.2, 0.25) is 0 Å². The zero-order valence-electron chi connectivity index (χ0n) is 12.9. The summed E-state index contributed by atoms with van der Waals surface area (Å²) in [5.74, 6) is 0.979. The molecular formula is C17H27ClN2O. The van der Waals surface area contributed by atoms with Gasteiger partial charge >= 0.3 is 0 Å². The normalized spacial score (nSPS) is 21.2. The lowest BCUT2D eigenvalue weighted by molar-refractivity contribution is 0.194. The van der Waals surface area contributed by atoms with Crippen LogP contribution in [-0.2, 0) is 6.54 Å². The number of piperidine rings is 1. The first-order valence-electron chi connectivity index (χ1n) is 7.94. The first-order chi connectivity index (χ1) is 9.80. The van der Waals surface area contributed by atoms with Crippen molar-refractivity contribution in [2.24, 2.45) is 5.41 Å². The molecule has 0 unspecified atom stereocenters. The molecule has 0 aromatic heterocycles. The van der Waals surface area contributed by atoms with Gasteiger partial charge in [0, 0.05) is 13.1 Å². The number of nitrogens with one attached hydrogen (secondary N) is 1. The lowest BCUT2D eigenvalue weighted by atomic mass is 9.78. The summed E-state index contributed by atoms with van der Waals surface area (Å²) in [7, 11) is 0. The molecule has 1 N–H and O–H groups in total. The molecule has 0 atom stereocenters. The second-order valence-electron chi connectivity index (χ2n) is 6.29. The van der Waals surface area contributed by atoms with Crippen LogP contribution in [-0.4, -0.2) is 37.7 Å². The highest BCUT2D eigenvalue weighted by Gasteiger charge is 2.38. The largest absolute Gasteiger partial charge is 0.494 e. The van der Waals surface area contributed by atoms with E-state index in [0.29, 0.717) is 5.41 Å². The highest BCUT2D eigenvalue weighted by Crippen LogP contribution is 2.39. The molecule has 0 amide bonds. The fraction of sp³-hybridized carbons (Fsp3) is 0.647. The molecule has 2 heterocycles. The van der Waals surface area contributed by atoms with Crippen molar-refractivity contribution in [2.45, 2.75) is 32.7 Å². The van der Waals surface area contributed by atoms with Crippen LogP contribution in [0.25, 0.3) is 0 Å². The average molecular weight is 311 g/mol. The maximum absolute atomic E-state index is 5.50. The van der Waals surface area contributed by atoms with Crippen LogP contribution in [0.3, 0.4) is 0 Å². The highest BCUT2D eigenvalue weighted by atomic mass is 35.5. The van der Waals surface area contributed by atoms with Gasteiger partial charge in [-0.2, -0.15) is 0 Å². The monoisotopic (exact) mass is 310 g/mol. The summed E-state index contributed by atoms with van der Waals surface area (Å²) in [6.45, 7) is 8.79. The Morgan fingerprint density at radius 3 is 2.52 bits per heavy atom. The van der Waals surface area contributed by atoms with E-state index in [1.807, 2.05) is 6.92 Å². The molecular weight excluding hydrogens is 284 g/mol. The summed E-state index contributed by atoms with van der Waals surface area (Å²) in [4.78, 5) is 2.63. The summed E-state index contributed by atoms with van der Waals surface area (Å²) < 4.78 is 5.50. The van der Waals surface area contributed by atoms with E-state index in [1.165, 1.54) is 51.0 Å². The van der Waals surface area contributed by atoms with Gasteiger partial charge in [-0.05, 0) is 68.9 Å². The molecule has 21 heavy (non-hydrogen) atoms. The molecule has 0 saturated carbocycles. The fourth-order valence-corrected chi connectivity index (χ4v) is 3.64. The predicted molar refractivity (Wildman–Crippen MR) is 89.3 cm³/mol. The van der Waals surface area contributed by atoms with Crippen LogP contribution >= 0.6 is 12.4 Å². The van der Waals surface area contributed by atoms with Crippen LogP contribution in [0.2, 0.25) is 0 Å². The van der Waals surface area contributed by atoms with Crippen LogP contribution in [0.4, 0.5) is 0 Å². The zero-order chi connectivity index (χ0) is 13.8. The number of hydrogen-bond donors (Lipinski definition) is 1. The van der Waals surface area contributed by atoms with E-state index in [-0.39, 0.29) is 12.4 Å². The first kappa shape index (κ1) is 16.6. The molecule has 4 heteroatoms. The van der Waals surface area contributed by atoms with Crippen molar-refractivity contribution >= 4 is 12.4 Å². The van der Waals surface area contributed by atoms with Crippen LogP contribution in [0.5, 0.6) is 5.75 Å². The third kappa shape index (κ3) is 4.12. The molecule has 3 nitrogen and oxygen atoms in total. The Bertz CT molecular complexity index is 429. The Hall–Kier alpha value is -0.770. The first-order valence-corrected chi connectivity index (χ1v) is 7.94. The van der Waals surface area contributed by atoms with Gasteiger partial charge in [-0.25, -0.2) is 0 Å². The quantitative estimate of drug-likeness (QED) is 0.925. The van der Waals surface area contributed by atoms with Crippen LogP contribution in [0.1, 0.15) is 31.7 Å². The molecule has 2 saturated heterocycles. The minimum absolute atomic E-state index is 0. The van der Waals surface area contributed by atoms with Crippen molar-refractivity contribution in [3.8, 4) is 5.75 Å². The second-order valence-corrected chi connectivity index (χ2v) is 6.29. The van der Waals surface area contributed by atoms with Crippen molar-refractivity contribution in [1.82, 2.24) is 10.2 Å². The third-order valence-corrected chi connectivity index (χ3v) is 4.82. The van der Waals surface area contributed by atoms with Gasteiger partial charge in [-0.1, -0.05) is 12.1 Å². The van der Waals surface area contributed by atoms with Gasteiger partial charge in [-0.3, -0.25) is 4.90 Å². The minimum Gasteiger partial charge on any atom is -0.494 e. The van der Waals surface area contributed by atoms with E-state index in [9.17, 15) is 0 Å². The smallest absolute Gasteiger partial charge is 0.119 e. The Kier molecular flexibility index (Phi) is 5.91. The molecule has 3 rings (SSSR count). The minimum atomic E-state index is 0. The van der Waals surface area contributed by atoms with Crippen molar-refractivity contribution in [3.63, 3.8) is 0 Å². The Morgan fingerprint density at radius 1 is 1.14 bits per heavy atom. The second kappa shape index (κ2) is 7.48. The maximum atomic E-state index is 5.50. The maximum Gasteiger partial charge on any atom is 0.119 e. The number of nitrogens with zero attached hydrogens (tertiary/aromatic N) is 1. The summed E-state index contributed by atoms with van der Waals surface area (Å²) in [6, 6.07) is 8.60. The standard InChI is InChI=1S/C17H26N2O.ClH/c1-2-20-16-5-3-15(4-6-16)13-19-12-9-17(14-19)7-10-18-11-8-17;/h3-6,18H,2,7-14H2,1H3;1H. The molecule has 1 aromatic rings. The zero-order valence-corrected chi connectivity index (χ0v) is 13.8. The number of rotatable bonds is 4. The Balaban J connectivity index is 0.00000161. The Labute approximate surface area is 134 Å². The van der Waals surface area contributed by atoms with Crippen LogP contribution < -0.4 is 10.1 Å². The molecule has 2 aliphatic heterocycles. The van der Waals surface area contributed by atoms with E-state index in [0.717, 1.165) is 18.9 Å². The van der Waals surface area contributed by atoms with Gasteiger partial charge in [-0.15, -0.1) is 12.4 Å². The van der Waals surface area contributed by atoms with Crippen LogP contribution in [0, 0.1) is 5.41 Å². The molecule has 1 aromatic carbocycles.